The van der Waals surface area contributed by atoms with Gasteiger partial charge in [-0.15, -0.1) is 0 Å². The van der Waals surface area contributed by atoms with Crippen molar-refractivity contribution < 1.29 is 4.39 Å². The molecule has 0 saturated carbocycles. The Balaban J connectivity index is 2.83. The van der Waals surface area contributed by atoms with Gasteiger partial charge in [-0.3, -0.25) is 0 Å². The van der Waals surface area contributed by atoms with Crippen LogP contribution in [0.2, 0.25) is 0 Å². The highest BCUT2D eigenvalue weighted by Crippen LogP contribution is 2.14. The summed E-state index contributed by atoms with van der Waals surface area (Å²) < 4.78 is 12.1. The fraction of sp³-hybridized carbons (Fsp3) is 0.400. The van der Waals surface area contributed by atoms with Crippen molar-refractivity contribution >= 4 is 0 Å². The van der Waals surface area contributed by atoms with Gasteiger partial charge < -0.3 is 0 Å². The maximum Gasteiger partial charge on any atom is 0.115 e. The lowest BCUT2D eigenvalue weighted by atomic mass is 10.0. The molecular weight excluding hydrogens is 139 g/mol. The van der Waals surface area contributed by atoms with Crippen molar-refractivity contribution in [3.63, 3.8) is 0 Å². The summed E-state index contributed by atoms with van der Waals surface area (Å²) in [6.45, 7) is 3.90. The molecule has 0 unspecified atom stereocenters. The van der Waals surface area contributed by atoms with Crippen molar-refractivity contribution in [2.24, 2.45) is 0 Å². The van der Waals surface area contributed by atoms with Gasteiger partial charge in [-0.05, 0) is 17.0 Å². The highest BCUT2D eigenvalue weighted by atomic mass is 19.1. The quantitative estimate of drug-likeness (QED) is 0.610. The SMILES string of the molecule is CC(C)c1ccc(CF)cc1. The van der Waals surface area contributed by atoms with Crippen molar-refractivity contribution in [3.05, 3.63) is 35.4 Å². The fourth-order valence-corrected chi connectivity index (χ4v) is 0.992. The molecule has 0 fully saturated rings. The molecule has 0 nitrogen and oxygen atoms in total. The molecule has 0 spiro atoms. The Bertz CT molecular complexity index is 211. The average Bonchev–Trinajstić information content (AvgIpc) is 2.05. The van der Waals surface area contributed by atoms with E-state index in [0.29, 0.717) is 5.92 Å². The summed E-state index contributed by atoms with van der Waals surface area (Å²) in [6, 6.07) is 7.66. The Morgan fingerprint density at radius 3 is 2.09 bits per heavy atom. The van der Waals surface area contributed by atoms with E-state index in [0.717, 1.165) is 5.56 Å². The summed E-state index contributed by atoms with van der Waals surface area (Å²) in [7, 11) is 0. The Morgan fingerprint density at radius 2 is 1.73 bits per heavy atom. The van der Waals surface area contributed by atoms with Crippen LogP contribution in [0.1, 0.15) is 30.9 Å². The third kappa shape index (κ3) is 2.04. The normalized spacial score (nSPS) is 10.5. The molecular formula is C10H13F. The fourth-order valence-electron chi connectivity index (χ4n) is 0.992. The summed E-state index contributed by atoms with van der Waals surface area (Å²) in [5, 5.41) is 0. The van der Waals surface area contributed by atoms with Crippen molar-refractivity contribution in [3.8, 4) is 0 Å². The zero-order valence-electron chi connectivity index (χ0n) is 6.97. The molecule has 0 radical (unpaired) electrons. The minimum atomic E-state index is -0.363. The third-order valence-electron chi connectivity index (χ3n) is 1.80. The van der Waals surface area contributed by atoms with E-state index < -0.39 is 0 Å². The van der Waals surface area contributed by atoms with Crippen molar-refractivity contribution in [2.75, 3.05) is 0 Å². The molecule has 0 heterocycles. The highest BCUT2D eigenvalue weighted by molar-refractivity contribution is 5.23. The molecule has 1 aromatic rings. The number of benzene rings is 1. The number of hydrogen-bond acceptors (Lipinski definition) is 0. The summed E-state index contributed by atoms with van der Waals surface area (Å²) in [4.78, 5) is 0. The van der Waals surface area contributed by atoms with Crippen LogP contribution in [-0.4, -0.2) is 0 Å². The van der Waals surface area contributed by atoms with E-state index in [1.165, 1.54) is 5.56 Å². The lowest BCUT2D eigenvalue weighted by Crippen LogP contribution is -1.86. The van der Waals surface area contributed by atoms with Gasteiger partial charge in [-0.25, -0.2) is 4.39 Å². The molecule has 0 amide bonds. The Kier molecular flexibility index (Phi) is 2.64. The van der Waals surface area contributed by atoms with E-state index in [1.807, 2.05) is 24.3 Å². The van der Waals surface area contributed by atoms with E-state index in [9.17, 15) is 4.39 Å². The molecule has 0 saturated heterocycles. The van der Waals surface area contributed by atoms with Gasteiger partial charge in [0.2, 0.25) is 0 Å². The molecule has 0 N–H and O–H groups in total. The van der Waals surface area contributed by atoms with Gasteiger partial charge in [0.25, 0.3) is 0 Å². The van der Waals surface area contributed by atoms with E-state index in [-0.39, 0.29) is 6.67 Å². The van der Waals surface area contributed by atoms with Gasteiger partial charge in [0.15, 0.2) is 0 Å². The number of halogens is 1. The van der Waals surface area contributed by atoms with Gasteiger partial charge in [-0.2, -0.15) is 0 Å². The topological polar surface area (TPSA) is 0 Å². The first-order valence-electron chi connectivity index (χ1n) is 3.89. The van der Waals surface area contributed by atoms with Crippen LogP contribution in [0.5, 0.6) is 0 Å². The van der Waals surface area contributed by atoms with Gasteiger partial charge >= 0.3 is 0 Å². The monoisotopic (exact) mass is 152 g/mol. The number of alkyl halides is 1. The second kappa shape index (κ2) is 3.51. The second-order valence-corrected chi connectivity index (χ2v) is 3.03. The molecule has 0 aromatic heterocycles. The zero-order valence-corrected chi connectivity index (χ0v) is 6.97. The predicted molar refractivity (Wildman–Crippen MR) is 45.3 cm³/mol. The molecule has 0 aliphatic rings. The summed E-state index contributed by atoms with van der Waals surface area (Å²) in [5.74, 6) is 0.531. The Morgan fingerprint density at radius 1 is 1.18 bits per heavy atom. The van der Waals surface area contributed by atoms with E-state index in [1.54, 1.807) is 0 Å². The average molecular weight is 152 g/mol. The summed E-state index contributed by atoms with van der Waals surface area (Å²) in [5.41, 5.74) is 2.02. The molecule has 0 aliphatic heterocycles. The van der Waals surface area contributed by atoms with Gasteiger partial charge in [0, 0.05) is 0 Å². The van der Waals surface area contributed by atoms with Crippen LogP contribution in [0.3, 0.4) is 0 Å². The lowest BCUT2D eigenvalue weighted by molar-refractivity contribution is 0.485. The number of rotatable bonds is 2. The summed E-state index contributed by atoms with van der Waals surface area (Å²) in [6.07, 6.45) is 0. The minimum Gasteiger partial charge on any atom is -0.246 e. The molecule has 0 aliphatic carbocycles. The van der Waals surface area contributed by atoms with Crippen LogP contribution in [0.15, 0.2) is 24.3 Å². The van der Waals surface area contributed by atoms with Crippen LogP contribution in [0.25, 0.3) is 0 Å². The highest BCUT2D eigenvalue weighted by Gasteiger charge is 1.97. The predicted octanol–water partition coefficient (Wildman–Crippen LogP) is 3.28. The van der Waals surface area contributed by atoms with E-state index in [2.05, 4.69) is 13.8 Å². The maximum atomic E-state index is 12.1. The van der Waals surface area contributed by atoms with Gasteiger partial charge in [0.1, 0.15) is 6.67 Å². The van der Waals surface area contributed by atoms with Crippen LogP contribution >= 0.6 is 0 Å². The maximum absolute atomic E-state index is 12.1. The largest absolute Gasteiger partial charge is 0.246 e. The molecule has 60 valence electrons. The molecule has 1 heteroatoms. The molecule has 0 atom stereocenters. The summed E-state index contributed by atoms with van der Waals surface area (Å²) >= 11 is 0. The molecule has 1 aromatic carbocycles. The first-order valence-corrected chi connectivity index (χ1v) is 3.89. The molecule has 0 bridgehead atoms. The van der Waals surface area contributed by atoms with E-state index in [4.69, 9.17) is 0 Å². The Labute approximate surface area is 67.1 Å². The van der Waals surface area contributed by atoms with Crippen LogP contribution in [0.4, 0.5) is 4.39 Å². The van der Waals surface area contributed by atoms with Crippen molar-refractivity contribution in [1.29, 1.82) is 0 Å². The van der Waals surface area contributed by atoms with Crippen LogP contribution < -0.4 is 0 Å². The standard InChI is InChI=1S/C10H13F/c1-8(2)10-5-3-9(7-11)4-6-10/h3-6,8H,7H2,1-2H3. The second-order valence-electron chi connectivity index (χ2n) is 3.03. The van der Waals surface area contributed by atoms with Crippen LogP contribution in [-0.2, 0) is 6.67 Å². The third-order valence-corrected chi connectivity index (χ3v) is 1.80. The lowest BCUT2D eigenvalue weighted by Gasteiger charge is -2.04. The smallest absolute Gasteiger partial charge is 0.115 e. The molecule has 1 rings (SSSR count). The first-order chi connectivity index (χ1) is 5.24. The van der Waals surface area contributed by atoms with Crippen molar-refractivity contribution in [2.45, 2.75) is 26.4 Å². The zero-order chi connectivity index (χ0) is 8.27. The Hall–Kier alpha value is -0.850. The van der Waals surface area contributed by atoms with Crippen LogP contribution in [0, 0.1) is 0 Å². The van der Waals surface area contributed by atoms with Gasteiger partial charge in [0.05, 0.1) is 0 Å². The number of hydrogen-bond donors (Lipinski definition) is 0. The van der Waals surface area contributed by atoms with Crippen molar-refractivity contribution in [1.82, 2.24) is 0 Å². The minimum absolute atomic E-state index is 0.363. The van der Waals surface area contributed by atoms with E-state index >= 15 is 0 Å². The first kappa shape index (κ1) is 8.25. The molecule has 11 heavy (non-hydrogen) atoms. The van der Waals surface area contributed by atoms with Gasteiger partial charge in [-0.1, -0.05) is 38.1 Å².